The van der Waals surface area contributed by atoms with Crippen molar-refractivity contribution in [1.82, 2.24) is 0 Å². The predicted octanol–water partition coefficient (Wildman–Crippen LogP) is -23.0. The monoisotopic (exact) mass is 806 g/mol. The molecule has 0 aliphatic rings. The summed E-state index contributed by atoms with van der Waals surface area (Å²) in [6.45, 7) is 0. The first-order chi connectivity index (χ1) is 13.9. The molecule has 0 aromatic rings. The Morgan fingerprint density at radius 2 is 0.212 bits per heavy atom. The van der Waals surface area contributed by atoms with Crippen LogP contribution in [0.15, 0.2) is 0 Å². The minimum atomic E-state index is -4.08. The summed E-state index contributed by atoms with van der Waals surface area (Å²) in [5.74, 6) is 0. The van der Waals surface area contributed by atoms with Crippen LogP contribution >= 0.6 is 0 Å². The summed E-state index contributed by atoms with van der Waals surface area (Å²) in [4.78, 5) is 0. The SMILES string of the molecule is [K+].[O]=[Ti]([O-])[O-].[O]=[Ti]([O-])[O-].[O]=[Ti]([O-])[O-].[O]=[Ti]([O-])[O-].[O]=[Ti]([O-])[O-].[O]=[Ti]([O-])[O-].[O]=[Ti]([O-])[O-].[O]=[Ti]([O-])[O-]. The fraction of sp³-hybridized carbons (Fsp3) is 0. The van der Waals surface area contributed by atoms with Gasteiger partial charge in [-0.15, -0.1) is 0 Å². The van der Waals surface area contributed by atoms with Gasteiger partial charge in [-0.05, 0) is 0 Å². The Kier molecular flexibility index (Phi) is 107. The van der Waals surface area contributed by atoms with E-state index in [1.54, 1.807) is 0 Å². The van der Waals surface area contributed by atoms with E-state index in [2.05, 4.69) is 0 Å². The number of hydrogen-bond donors (Lipinski definition) is 0. The van der Waals surface area contributed by atoms with Crippen LogP contribution in [0.3, 0.4) is 0 Å². The van der Waals surface area contributed by atoms with Crippen molar-refractivity contribution < 1.29 is 286 Å². The van der Waals surface area contributed by atoms with Crippen molar-refractivity contribution in [1.29, 1.82) is 0 Å². The Balaban J connectivity index is -0.0000000284. The van der Waals surface area contributed by atoms with Crippen molar-refractivity contribution in [3.05, 3.63) is 0 Å². The van der Waals surface area contributed by atoms with Crippen molar-refractivity contribution in [2.45, 2.75) is 0 Å². The molecule has 0 radical (unpaired) electrons. The standard InChI is InChI=1S/K.24O.8Ti/q+1;;;;;;;;;16*-1;;;;;;;;. The van der Waals surface area contributed by atoms with E-state index in [1.165, 1.54) is 0 Å². The Hall–Kier alpha value is 5.11. The molecule has 0 aliphatic heterocycles. The summed E-state index contributed by atoms with van der Waals surface area (Å²) in [6.07, 6.45) is 0. The average molecular weight is 806 g/mol. The van der Waals surface area contributed by atoms with Gasteiger partial charge < -0.3 is 0 Å². The first kappa shape index (κ1) is 61.9. The van der Waals surface area contributed by atoms with E-state index in [1.807, 2.05) is 0 Å². The van der Waals surface area contributed by atoms with Crippen molar-refractivity contribution in [2.75, 3.05) is 0 Å². The molecule has 0 amide bonds. The van der Waals surface area contributed by atoms with Crippen molar-refractivity contribution in [3.63, 3.8) is 0 Å². The zero-order valence-corrected chi connectivity index (χ0v) is 30.4. The summed E-state index contributed by atoms with van der Waals surface area (Å²) < 4.78 is 206. The van der Waals surface area contributed by atoms with Gasteiger partial charge >= 0.3 is 286 Å². The summed E-state index contributed by atoms with van der Waals surface area (Å²) >= 11 is -32.7. The first-order valence-corrected chi connectivity index (χ1v) is 20.2. The summed E-state index contributed by atoms with van der Waals surface area (Å²) in [6, 6.07) is 0. The van der Waals surface area contributed by atoms with E-state index in [0.717, 1.165) is 0 Å². The van der Waals surface area contributed by atoms with Crippen LogP contribution in [0.2, 0.25) is 0 Å². The van der Waals surface area contributed by atoms with Crippen molar-refractivity contribution in [3.8, 4) is 0 Å². The second-order valence-corrected chi connectivity index (χ2v) is 8.25. The molecule has 0 unspecified atom stereocenters. The van der Waals surface area contributed by atoms with Crippen molar-refractivity contribution in [2.24, 2.45) is 0 Å². The predicted molar refractivity (Wildman–Crippen MR) is 5.49 cm³/mol. The van der Waals surface area contributed by atoms with E-state index in [9.17, 15) is 0 Å². The molecule has 0 atom stereocenters. The molecule has 0 saturated carbocycles. The fourth-order valence-corrected chi connectivity index (χ4v) is 0. The molecule has 0 N–H and O–H groups in total. The fourth-order valence-electron chi connectivity index (χ4n) is 0. The van der Waals surface area contributed by atoms with E-state index >= 15 is 0 Å². The van der Waals surface area contributed by atoms with Crippen LogP contribution in [-0.4, -0.2) is 0 Å². The van der Waals surface area contributed by atoms with Gasteiger partial charge in [-0.1, -0.05) is 0 Å². The molecule has 0 rings (SSSR count). The topological polar surface area (TPSA) is 506 Å². The molecule has 0 saturated heterocycles. The minimum absolute atomic E-state index is 0. The molecule has 24 nitrogen and oxygen atoms in total. The normalized spacial score (nSPS) is 6.30. The molecule has 33 heavy (non-hydrogen) atoms. The average Bonchev–Trinajstić information content (AvgIpc) is 2.30. The molecule has 0 fully saturated rings. The molecule has 0 spiro atoms. The zero-order valence-electron chi connectivity index (χ0n) is 14.8. The van der Waals surface area contributed by atoms with E-state index in [4.69, 9.17) is 85.6 Å². The molecular weight excluding hydrogens is 806 g/mol. The third-order valence-corrected chi connectivity index (χ3v) is 0. The van der Waals surface area contributed by atoms with Gasteiger partial charge in [0, 0.05) is 0 Å². The van der Waals surface area contributed by atoms with Gasteiger partial charge in [0.1, 0.15) is 0 Å². The maximum atomic E-state index is 8.58. The van der Waals surface area contributed by atoms with Crippen LogP contribution in [0.25, 0.3) is 0 Å². The third-order valence-electron chi connectivity index (χ3n) is 0. The Bertz CT molecular complexity index is 361. The quantitative estimate of drug-likeness (QED) is 0.205. The van der Waals surface area contributed by atoms with Gasteiger partial charge in [-0.2, -0.15) is 0 Å². The summed E-state index contributed by atoms with van der Waals surface area (Å²) in [5.41, 5.74) is 0. The number of rotatable bonds is 0. The molecule has 33 heteroatoms. The second-order valence-electron chi connectivity index (χ2n) is 2.00. The van der Waals surface area contributed by atoms with Crippen LogP contribution in [0.4, 0.5) is 0 Å². The Morgan fingerprint density at radius 1 is 0.212 bits per heavy atom. The maximum absolute atomic E-state index is 8.58. The molecule has 0 aliphatic carbocycles. The number of hydrogen-bond acceptors (Lipinski definition) is 24. The zero-order chi connectivity index (χ0) is 28.6. The van der Waals surface area contributed by atoms with E-state index in [-0.39, 0.29) is 51.4 Å². The summed E-state index contributed by atoms with van der Waals surface area (Å²) in [5, 5.41) is 0. The van der Waals surface area contributed by atoms with Crippen LogP contribution < -0.4 is 110 Å². The molecule has 0 aromatic heterocycles. The van der Waals surface area contributed by atoms with Crippen LogP contribution in [-0.2, 0) is 176 Å². The van der Waals surface area contributed by atoms with Gasteiger partial charge in [0.15, 0.2) is 0 Å². The van der Waals surface area contributed by atoms with E-state index < -0.39 is 149 Å². The van der Waals surface area contributed by atoms with Gasteiger partial charge in [0.05, 0.1) is 0 Å². The van der Waals surface area contributed by atoms with Crippen molar-refractivity contribution >= 4 is 0 Å². The molecule has 0 heterocycles. The van der Waals surface area contributed by atoms with Gasteiger partial charge in [0.2, 0.25) is 0 Å². The molecular formula is KO24Ti8-15. The molecule has 0 aromatic carbocycles. The van der Waals surface area contributed by atoms with Crippen LogP contribution in [0, 0.1) is 0 Å². The van der Waals surface area contributed by atoms with E-state index in [0.29, 0.717) is 0 Å². The first-order valence-electron chi connectivity index (χ1n) is 4.90. The summed E-state index contributed by atoms with van der Waals surface area (Å²) in [7, 11) is 0. The van der Waals surface area contributed by atoms with Gasteiger partial charge in [-0.3, -0.25) is 0 Å². The Labute approximate surface area is 279 Å². The Morgan fingerprint density at radius 3 is 0.212 bits per heavy atom. The van der Waals surface area contributed by atoms with Crippen LogP contribution in [0.5, 0.6) is 0 Å². The second kappa shape index (κ2) is 57.1. The molecule has 192 valence electrons. The van der Waals surface area contributed by atoms with Gasteiger partial charge in [0.25, 0.3) is 0 Å². The van der Waals surface area contributed by atoms with Crippen LogP contribution in [0.1, 0.15) is 0 Å². The third kappa shape index (κ3) is 1750. The van der Waals surface area contributed by atoms with Gasteiger partial charge in [-0.25, -0.2) is 0 Å². The molecule has 0 bridgehead atoms.